The van der Waals surface area contributed by atoms with Crippen LogP contribution in [-0.2, 0) is 11.2 Å². The molecule has 0 bridgehead atoms. The van der Waals surface area contributed by atoms with Crippen molar-refractivity contribution in [1.82, 2.24) is 5.32 Å². The van der Waals surface area contributed by atoms with Gasteiger partial charge in [0.2, 0.25) is 5.91 Å². The molecule has 1 saturated carbocycles. The van der Waals surface area contributed by atoms with E-state index in [1.54, 1.807) is 6.92 Å². The van der Waals surface area contributed by atoms with Crippen LogP contribution < -0.4 is 11.1 Å². The van der Waals surface area contributed by atoms with Gasteiger partial charge in [0.15, 0.2) is 0 Å². The summed E-state index contributed by atoms with van der Waals surface area (Å²) in [6.07, 6.45) is 5.97. The maximum absolute atomic E-state index is 11.7. The van der Waals surface area contributed by atoms with Crippen molar-refractivity contribution in [3.8, 4) is 0 Å². The highest BCUT2D eigenvalue weighted by molar-refractivity contribution is 5.85. The molecule has 3 nitrogen and oxygen atoms in total. The minimum Gasteiger partial charge on any atom is -0.354 e. The van der Waals surface area contributed by atoms with Crippen molar-refractivity contribution in [1.29, 1.82) is 0 Å². The maximum Gasteiger partial charge on any atom is 0.236 e. The van der Waals surface area contributed by atoms with Crippen LogP contribution in [0, 0.1) is 5.41 Å². The standard InChI is InChI=1S/C16H24N2O.ClH/c1-13(17)15(19)18-12-16(9-5-6-10-16)11-14-7-3-2-4-8-14;/h2-4,7-8,13H,5-6,9-12,17H2,1H3,(H,18,19);1H/t13-;/m1./s1. The molecule has 1 aliphatic carbocycles. The van der Waals surface area contributed by atoms with Crippen molar-refractivity contribution in [2.24, 2.45) is 11.1 Å². The number of halogens is 1. The summed E-state index contributed by atoms with van der Waals surface area (Å²) < 4.78 is 0. The van der Waals surface area contributed by atoms with Gasteiger partial charge in [-0.2, -0.15) is 0 Å². The Morgan fingerprint density at radius 3 is 2.45 bits per heavy atom. The van der Waals surface area contributed by atoms with Crippen LogP contribution in [0.4, 0.5) is 0 Å². The summed E-state index contributed by atoms with van der Waals surface area (Å²) in [5.74, 6) is -0.0423. The second-order valence-electron chi connectivity index (χ2n) is 5.88. The van der Waals surface area contributed by atoms with Crippen LogP contribution in [0.3, 0.4) is 0 Å². The Morgan fingerprint density at radius 2 is 1.90 bits per heavy atom. The third kappa shape index (κ3) is 4.50. The Labute approximate surface area is 127 Å². The number of nitrogens with two attached hydrogens (primary N) is 1. The van der Waals surface area contributed by atoms with Crippen molar-refractivity contribution in [2.75, 3.05) is 6.54 Å². The summed E-state index contributed by atoms with van der Waals surface area (Å²) in [5, 5.41) is 3.02. The van der Waals surface area contributed by atoms with Gasteiger partial charge >= 0.3 is 0 Å². The number of rotatable bonds is 5. The molecule has 0 saturated heterocycles. The first-order chi connectivity index (χ1) is 9.11. The number of nitrogens with one attached hydrogen (secondary N) is 1. The molecule has 1 fully saturated rings. The smallest absolute Gasteiger partial charge is 0.236 e. The van der Waals surface area contributed by atoms with E-state index in [0.29, 0.717) is 0 Å². The highest BCUT2D eigenvalue weighted by Gasteiger charge is 2.34. The van der Waals surface area contributed by atoms with Crippen molar-refractivity contribution in [2.45, 2.75) is 45.1 Å². The van der Waals surface area contributed by atoms with Crippen molar-refractivity contribution < 1.29 is 4.79 Å². The Hall–Kier alpha value is -1.06. The van der Waals surface area contributed by atoms with Crippen molar-refractivity contribution >= 4 is 18.3 Å². The largest absolute Gasteiger partial charge is 0.354 e. The van der Waals surface area contributed by atoms with E-state index in [4.69, 9.17) is 5.73 Å². The van der Waals surface area contributed by atoms with E-state index in [9.17, 15) is 4.79 Å². The van der Waals surface area contributed by atoms with E-state index >= 15 is 0 Å². The molecule has 1 aromatic carbocycles. The van der Waals surface area contributed by atoms with Gasteiger partial charge in [-0.3, -0.25) is 4.79 Å². The number of benzene rings is 1. The molecule has 1 aromatic rings. The first kappa shape index (κ1) is 17.0. The van der Waals surface area contributed by atoms with Crippen molar-refractivity contribution in [3.05, 3.63) is 35.9 Å². The fraction of sp³-hybridized carbons (Fsp3) is 0.562. The summed E-state index contributed by atoms with van der Waals surface area (Å²) in [6.45, 7) is 2.48. The zero-order valence-electron chi connectivity index (χ0n) is 12.1. The molecule has 3 N–H and O–H groups in total. The Morgan fingerprint density at radius 1 is 1.30 bits per heavy atom. The molecule has 2 rings (SSSR count). The normalized spacial score (nSPS) is 18.1. The van der Waals surface area contributed by atoms with Crippen LogP contribution in [0.15, 0.2) is 30.3 Å². The third-order valence-electron chi connectivity index (χ3n) is 4.14. The van der Waals surface area contributed by atoms with Crippen LogP contribution in [0.25, 0.3) is 0 Å². The first-order valence-electron chi connectivity index (χ1n) is 7.19. The highest BCUT2D eigenvalue weighted by Crippen LogP contribution is 2.40. The quantitative estimate of drug-likeness (QED) is 0.878. The van der Waals surface area contributed by atoms with E-state index < -0.39 is 6.04 Å². The van der Waals surface area contributed by atoms with Gasteiger partial charge in [-0.25, -0.2) is 0 Å². The van der Waals surface area contributed by atoms with Crippen LogP contribution in [0.2, 0.25) is 0 Å². The lowest BCUT2D eigenvalue weighted by Gasteiger charge is -2.30. The number of amides is 1. The second kappa shape index (κ2) is 7.65. The predicted molar refractivity (Wildman–Crippen MR) is 85.0 cm³/mol. The van der Waals surface area contributed by atoms with Gasteiger partial charge in [0, 0.05) is 6.54 Å². The minimum atomic E-state index is -0.421. The van der Waals surface area contributed by atoms with Crippen LogP contribution >= 0.6 is 12.4 Å². The Kier molecular flexibility index (Phi) is 6.50. The minimum absolute atomic E-state index is 0. The summed E-state index contributed by atoms with van der Waals surface area (Å²) in [6, 6.07) is 10.1. The van der Waals surface area contributed by atoms with Gasteiger partial charge in [0.25, 0.3) is 0 Å². The van der Waals surface area contributed by atoms with E-state index in [-0.39, 0.29) is 23.7 Å². The summed E-state index contributed by atoms with van der Waals surface area (Å²) in [5.41, 5.74) is 7.19. The molecule has 0 spiro atoms. The monoisotopic (exact) mass is 296 g/mol. The molecular formula is C16H25ClN2O. The number of carbonyl (C=O) groups is 1. The highest BCUT2D eigenvalue weighted by atomic mass is 35.5. The molecule has 4 heteroatoms. The zero-order valence-corrected chi connectivity index (χ0v) is 12.9. The summed E-state index contributed by atoms with van der Waals surface area (Å²) in [7, 11) is 0. The molecule has 0 unspecified atom stereocenters. The molecule has 1 amide bonds. The van der Waals surface area contributed by atoms with Gasteiger partial charge in [0.1, 0.15) is 0 Å². The Balaban J connectivity index is 0.00000200. The second-order valence-corrected chi connectivity index (χ2v) is 5.88. The molecule has 1 atom stereocenters. The molecule has 0 heterocycles. The molecule has 20 heavy (non-hydrogen) atoms. The predicted octanol–water partition coefficient (Wildman–Crippen LogP) is 2.67. The third-order valence-corrected chi connectivity index (χ3v) is 4.14. The van der Waals surface area contributed by atoms with E-state index in [1.165, 1.54) is 31.2 Å². The summed E-state index contributed by atoms with van der Waals surface area (Å²) in [4.78, 5) is 11.7. The van der Waals surface area contributed by atoms with E-state index in [2.05, 4.69) is 29.6 Å². The van der Waals surface area contributed by atoms with Gasteiger partial charge in [-0.1, -0.05) is 43.2 Å². The van der Waals surface area contributed by atoms with Crippen LogP contribution in [0.5, 0.6) is 0 Å². The average molecular weight is 297 g/mol. The molecule has 1 aliphatic rings. The Bertz CT molecular complexity index is 414. The first-order valence-corrected chi connectivity index (χ1v) is 7.19. The number of carbonyl (C=O) groups excluding carboxylic acids is 1. The molecule has 0 aromatic heterocycles. The van der Waals surface area contributed by atoms with Gasteiger partial charge in [-0.05, 0) is 37.2 Å². The molecule has 0 aliphatic heterocycles. The van der Waals surface area contributed by atoms with E-state index in [1.807, 2.05) is 6.07 Å². The fourth-order valence-electron chi connectivity index (χ4n) is 3.01. The average Bonchev–Trinajstić information content (AvgIpc) is 2.86. The van der Waals surface area contributed by atoms with Gasteiger partial charge in [0.05, 0.1) is 6.04 Å². The zero-order chi connectivity index (χ0) is 13.7. The van der Waals surface area contributed by atoms with Gasteiger partial charge in [-0.15, -0.1) is 12.4 Å². The lowest BCUT2D eigenvalue weighted by atomic mass is 9.80. The summed E-state index contributed by atoms with van der Waals surface area (Å²) >= 11 is 0. The lowest BCUT2D eigenvalue weighted by molar-refractivity contribution is -0.122. The molecule has 112 valence electrons. The van der Waals surface area contributed by atoms with Crippen LogP contribution in [-0.4, -0.2) is 18.5 Å². The van der Waals surface area contributed by atoms with Crippen molar-refractivity contribution in [3.63, 3.8) is 0 Å². The number of hydrogen-bond acceptors (Lipinski definition) is 2. The molecule has 0 radical (unpaired) electrons. The maximum atomic E-state index is 11.7. The lowest BCUT2D eigenvalue weighted by Crippen LogP contribution is -2.44. The van der Waals surface area contributed by atoms with E-state index in [0.717, 1.165) is 13.0 Å². The topological polar surface area (TPSA) is 55.1 Å². The SMILES string of the molecule is C[C@@H](N)C(=O)NCC1(Cc2ccccc2)CCCC1.Cl. The fourth-order valence-corrected chi connectivity index (χ4v) is 3.01. The van der Waals surface area contributed by atoms with Crippen LogP contribution in [0.1, 0.15) is 38.2 Å². The molecular weight excluding hydrogens is 272 g/mol. The van der Waals surface area contributed by atoms with Gasteiger partial charge < -0.3 is 11.1 Å². The number of hydrogen-bond donors (Lipinski definition) is 2.